The SMILES string of the molecule is Cc1nc2c(F)c(-c3cccc(Cl)c3Cl)c(CCC#N)cc2c2c1cc([C@H]1[C@@H]3C[C@@H]([C@@H]4C[C@@H]43)N1C(=O)C1CC1)n2C1C2CNC1C2. The lowest BCUT2D eigenvalue weighted by Gasteiger charge is -2.41. The molecule has 1 N–H and O–H groups in total. The lowest BCUT2D eigenvalue weighted by Crippen LogP contribution is -2.45. The van der Waals surface area contributed by atoms with Crippen molar-refractivity contribution in [1.82, 2.24) is 19.8 Å². The fourth-order valence-electron chi connectivity index (χ4n) is 10.2. The van der Waals surface area contributed by atoms with Gasteiger partial charge in [0.1, 0.15) is 5.52 Å². The van der Waals surface area contributed by atoms with Crippen molar-refractivity contribution < 1.29 is 9.18 Å². The first kappa shape index (κ1) is 27.9. The van der Waals surface area contributed by atoms with Gasteiger partial charge in [-0.05, 0) is 92.9 Å². The Morgan fingerprint density at radius 3 is 2.72 bits per heavy atom. The minimum absolute atomic E-state index is 0.0520. The van der Waals surface area contributed by atoms with Gasteiger partial charge < -0.3 is 14.8 Å². The van der Waals surface area contributed by atoms with Crippen molar-refractivity contribution in [2.24, 2.45) is 29.6 Å². The topological polar surface area (TPSA) is 74.0 Å². The van der Waals surface area contributed by atoms with E-state index in [0.717, 1.165) is 59.8 Å². The molecule has 4 bridgehead atoms. The van der Waals surface area contributed by atoms with Crippen LogP contribution in [0.25, 0.3) is 32.9 Å². The van der Waals surface area contributed by atoms with Gasteiger partial charge in [0.15, 0.2) is 5.82 Å². The number of pyridine rings is 1. The average molecular weight is 655 g/mol. The third-order valence-electron chi connectivity index (χ3n) is 12.4. The second kappa shape index (κ2) is 9.69. The van der Waals surface area contributed by atoms with Gasteiger partial charge in [0.2, 0.25) is 5.91 Å². The number of likely N-dealkylation sites (tertiary alicyclic amines) is 1. The molecule has 234 valence electrons. The van der Waals surface area contributed by atoms with E-state index in [1.54, 1.807) is 18.2 Å². The third kappa shape index (κ3) is 3.67. The number of amides is 1. The Labute approximate surface area is 276 Å². The number of fused-ring (bicyclic) bond motifs is 9. The minimum Gasteiger partial charge on any atom is -0.337 e. The van der Waals surface area contributed by atoms with Gasteiger partial charge in [-0.2, -0.15) is 5.26 Å². The van der Waals surface area contributed by atoms with Crippen molar-refractivity contribution in [2.75, 3.05) is 6.54 Å². The van der Waals surface area contributed by atoms with Crippen LogP contribution >= 0.6 is 23.2 Å². The van der Waals surface area contributed by atoms with Crippen LogP contribution in [0.4, 0.5) is 4.39 Å². The maximum atomic E-state index is 17.1. The van der Waals surface area contributed by atoms with Crippen LogP contribution in [-0.2, 0) is 11.2 Å². The Bertz CT molecular complexity index is 2050. The average Bonchev–Trinajstić information content (AvgIpc) is 3.79. The molecule has 11 rings (SSSR count). The summed E-state index contributed by atoms with van der Waals surface area (Å²) in [4.78, 5) is 21.2. The second-order valence-electron chi connectivity index (χ2n) is 14.8. The van der Waals surface area contributed by atoms with Crippen molar-refractivity contribution in [2.45, 2.75) is 76.0 Å². The van der Waals surface area contributed by atoms with E-state index in [2.05, 4.69) is 33.0 Å². The third-order valence-corrected chi connectivity index (χ3v) is 13.2. The Kier molecular flexibility index (Phi) is 5.87. The highest BCUT2D eigenvalue weighted by Gasteiger charge is 2.67. The van der Waals surface area contributed by atoms with E-state index < -0.39 is 5.82 Å². The first-order chi connectivity index (χ1) is 22.4. The number of carbonyl (C=O) groups is 1. The molecule has 7 fully saturated rings. The van der Waals surface area contributed by atoms with Crippen LogP contribution in [0.5, 0.6) is 0 Å². The predicted octanol–water partition coefficient (Wildman–Crippen LogP) is 7.92. The largest absolute Gasteiger partial charge is 0.337 e. The summed E-state index contributed by atoms with van der Waals surface area (Å²) < 4.78 is 19.6. The Morgan fingerprint density at radius 2 is 1.98 bits per heavy atom. The molecule has 2 aromatic heterocycles. The molecular formula is C37H34Cl2FN5O. The molecule has 3 saturated heterocycles. The van der Waals surface area contributed by atoms with Crippen LogP contribution in [0.15, 0.2) is 30.3 Å². The highest BCUT2D eigenvalue weighted by molar-refractivity contribution is 6.43. The smallest absolute Gasteiger partial charge is 0.226 e. The van der Waals surface area contributed by atoms with Gasteiger partial charge in [0.25, 0.3) is 0 Å². The van der Waals surface area contributed by atoms with E-state index in [9.17, 15) is 10.1 Å². The molecule has 6 nitrogen and oxygen atoms in total. The number of aromatic nitrogens is 2. The van der Waals surface area contributed by atoms with Gasteiger partial charge in [-0.1, -0.05) is 35.3 Å². The molecule has 4 saturated carbocycles. The molecule has 0 radical (unpaired) electrons. The van der Waals surface area contributed by atoms with E-state index in [-0.39, 0.29) is 29.4 Å². The van der Waals surface area contributed by atoms with Crippen LogP contribution in [0.2, 0.25) is 10.0 Å². The van der Waals surface area contributed by atoms with Gasteiger partial charge in [0.05, 0.1) is 33.7 Å². The maximum absolute atomic E-state index is 17.1. The lowest BCUT2D eigenvalue weighted by atomic mass is 9.79. The zero-order chi connectivity index (χ0) is 31.2. The Hall–Kier alpha value is -3.18. The number of nitrogens with one attached hydrogen (secondary N) is 1. The van der Waals surface area contributed by atoms with Gasteiger partial charge in [-0.25, -0.2) is 9.37 Å². The summed E-state index contributed by atoms with van der Waals surface area (Å²) in [5, 5.41) is 15.7. The zero-order valence-corrected chi connectivity index (χ0v) is 27.1. The number of benzene rings is 2. The highest BCUT2D eigenvalue weighted by Crippen LogP contribution is 2.68. The van der Waals surface area contributed by atoms with E-state index in [0.29, 0.717) is 69.7 Å². The fourth-order valence-corrected chi connectivity index (χ4v) is 10.6. The first-order valence-electron chi connectivity index (χ1n) is 16.9. The number of nitriles is 1. The molecule has 5 heterocycles. The van der Waals surface area contributed by atoms with E-state index in [4.69, 9.17) is 28.2 Å². The van der Waals surface area contributed by atoms with Gasteiger partial charge >= 0.3 is 0 Å². The molecule has 0 spiro atoms. The maximum Gasteiger partial charge on any atom is 0.226 e. The van der Waals surface area contributed by atoms with Crippen molar-refractivity contribution in [3.8, 4) is 17.2 Å². The summed E-state index contributed by atoms with van der Waals surface area (Å²) in [5.41, 5.74) is 4.90. The summed E-state index contributed by atoms with van der Waals surface area (Å²) in [6.07, 6.45) is 6.10. The van der Waals surface area contributed by atoms with Crippen LogP contribution in [-0.4, -0.2) is 39.0 Å². The number of carbonyl (C=O) groups excluding carboxylic acids is 1. The van der Waals surface area contributed by atoms with Crippen molar-refractivity contribution in [3.05, 3.63) is 63.1 Å². The van der Waals surface area contributed by atoms with Crippen molar-refractivity contribution in [1.29, 1.82) is 5.26 Å². The number of rotatable bonds is 6. The number of hydrogen-bond donors (Lipinski definition) is 1. The van der Waals surface area contributed by atoms with Crippen molar-refractivity contribution in [3.63, 3.8) is 0 Å². The summed E-state index contributed by atoms with van der Waals surface area (Å²) in [6, 6.07) is 12.9. The number of nitrogens with zero attached hydrogens (tertiary/aromatic N) is 4. The van der Waals surface area contributed by atoms with E-state index in [1.807, 2.05) is 6.92 Å². The van der Waals surface area contributed by atoms with Crippen LogP contribution in [0, 0.1) is 53.7 Å². The molecule has 46 heavy (non-hydrogen) atoms. The summed E-state index contributed by atoms with van der Waals surface area (Å²) in [7, 11) is 0. The van der Waals surface area contributed by atoms with Crippen molar-refractivity contribution >= 4 is 50.9 Å². The number of halogens is 3. The summed E-state index contributed by atoms with van der Waals surface area (Å²) >= 11 is 13.1. The van der Waals surface area contributed by atoms with Crippen LogP contribution < -0.4 is 5.32 Å². The molecule has 9 heteroatoms. The molecule has 1 amide bonds. The van der Waals surface area contributed by atoms with E-state index >= 15 is 4.39 Å². The van der Waals surface area contributed by atoms with Crippen LogP contribution in [0.3, 0.4) is 0 Å². The molecule has 7 aliphatic rings. The quantitative estimate of drug-likeness (QED) is 0.229. The minimum atomic E-state index is -0.435. The zero-order valence-electron chi connectivity index (χ0n) is 25.6. The summed E-state index contributed by atoms with van der Waals surface area (Å²) in [5.74, 6) is 2.44. The normalized spacial score (nSPS) is 31.8. The lowest BCUT2D eigenvalue weighted by molar-refractivity contribution is -0.137. The van der Waals surface area contributed by atoms with Gasteiger partial charge in [0, 0.05) is 64.3 Å². The van der Waals surface area contributed by atoms with Gasteiger partial charge in [-0.15, -0.1) is 0 Å². The Morgan fingerprint density at radius 1 is 1.13 bits per heavy atom. The fraction of sp³-hybridized carbons (Fsp3) is 0.486. The number of hydrogen-bond acceptors (Lipinski definition) is 4. The molecular weight excluding hydrogens is 620 g/mol. The molecule has 3 aliphatic heterocycles. The molecule has 3 unspecified atom stereocenters. The van der Waals surface area contributed by atoms with Crippen LogP contribution in [0.1, 0.15) is 67.6 Å². The number of piperidine rings is 1. The van der Waals surface area contributed by atoms with E-state index in [1.165, 1.54) is 12.1 Å². The first-order valence-corrected chi connectivity index (χ1v) is 17.6. The van der Waals surface area contributed by atoms with Gasteiger partial charge in [-0.3, -0.25) is 4.79 Å². The molecule has 8 atom stereocenters. The molecule has 4 aliphatic carbocycles. The molecule has 4 aromatic rings. The standard InChI is InChI=1S/C37H34Cl2FN5O/c1-16-21-13-29(36-24-14-28(23-12-22(23)24)45(36)37(46)17-7-8-17)44(34-19-11-27(34)42-15-19)35(21)25-10-18(4-3-9-41)30(32(40)33(25)43-16)20-5-2-6-26(38)31(20)39/h2,5-6,10,13,17,19,22-24,27-28,34,36,42H,3-4,7-8,11-12,14-15H2,1H3/t19?,22-,23+,24+,27?,28-,34?,36+/m0/s1. The monoisotopic (exact) mass is 653 g/mol. The second-order valence-corrected chi connectivity index (χ2v) is 15.6. The number of aryl methyl sites for hydroxylation is 2. The highest BCUT2D eigenvalue weighted by atomic mass is 35.5. The summed E-state index contributed by atoms with van der Waals surface area (Å²) in [6.45, 7) is 2.95. The Balaban J connectivity index is 1.25. The predicted molar refractivity (Wildman–Crippen MR) is 176 cm³/mol. The molecule has 2 aromatic carbocycles.